The Balaban J connectivity index is 1.31. The Morgan fingerprint density at radius 1 is 0.756 bits per heavy atom. The summed E-state index contributed by atoms with van der Waals surface area (Å²) in [5, 5.41) is 8.57. The van der Waals surface area contributed by atoms with Crippen molar-refractivity contribution in [1.82, 2.24) is 9.97 Å². The number of hydrogen-bond acceptors (Lipinski definition) is 6. The van der Waals surface area contributed by atoms with E-state index < -0.39 is 0 Å². The quantitative estimate of drug-likeness (QED) is 0.230. The molecule has 0 saturated carbocycles. The van der Waals surface area contributed by atoms with Gasteiger partial charge in [-0.15, -0.1) is 11.3 Å². The van der Waals surface area contributed by atoms with Crippen molar-refractivity contribution in [3.8, 4) is 22.2 Å². The number of aromatic nitrogens is 2. The molecule has 0 radical (unpaired) electrons. The normalized spacial score (nSPS) is 13.1. The van der Waals surface area contributed by atoms with E-state index in [0.717, 1.165) is 44.6 Å². The molecule has 0 saturated heterocycles. The fourth-order valence-corrected chi connectivity index (χ4v) is 6.86. The van der Waals surface area contributed by atoms with Crippen LogP contribution in [0.4, 0.5) is 22.7 Å². The van der Waals surface area contributed by atoms with Gasteiger partial charge in [-0.3, -0.25) is 0 Å². The second-order valence-electron chi connectivity index (χ2n) is 11.7. The van der Waals surface area contributed by atoms with Crippen LogP contribution >= 0.6 is 11.3 Å². The largest absolute Gasteiger partial charge is 0.439 e. The molecule has 198 valence electrons. The van der Waals surface area contributed by atoms with E-state index in [1.165, 1.54) is 26.7 Å². The number of nitrogens with one attached hydrogen (secondary N) is 2. The van der Waals surface area contributed by atoms with Gasteiger partial charge in [0.15, 0.2) is 0 Å². The summed E-state index contributed by atoms with van der Waals surface area (Å²) in [5.41, 5.74) is 11.6. The van der Waals surface area contributed by atoms with E-state index in [2.05, 4.69) is 97.1 Å². The van der Waals surface area contributed by atoms with Crippen molar-refractivity contribution in [2.45, 2.75) is 26.2 Å². The standard InChI is InChI=1S/C34H27BN4OS/c1-34(2,3)21-17-28-32-29(18-21)38-26-14-12-22(40-31-10-6-7-15-36-31)19-24(26)35(32)23-16-20(11-13-25(23)37-28)33-39-27-8-4-5-9-30(27)41-33/h4-19,37-38H,1-3H3. The van der Waals surface area contributed by atoms with Gasteiger partial charge in [-0.05, 0) is 88.0 Å². The number of benzene rings is 4. The molecule has 7 heteroatoms. The summed E-state index contributed by atoms with van der Waals surface area (Å²) in [7, 11) is 0. The van der Waals surface area contributed by atoms with E-state index in [9.17, 15) is 0 Å². The van der Waals surface area contributed by atoms with Crippen LogP contribution in [-0.4, -0.2) is 16.7 Å². The minimum atomic E-state index is 0.0159. The topological polar surface area (TPSA) is 59.1 Å². The predicted octanol–water partition coefficient (Wildman–Crippen LogP) is 7.08. The summed E-state index contributed by atoms with van der Waals surface area (Å²) in [6, 6.07) is 31.7. The Morgan fingerprint density at radius 3 is 2.22 bits per heavy atom. The smallest absolute Gasteiger partial charge is 0.252 e. The average molecular weight is 550 g/mol. The molecule has 2 aliphatic heterocycles. The Kier molecular flexibility index (Phi) is 5.28. The van der Waals surface area contributed by atoms with Gasteiger partial charge in [-0.1, -0.05) is 45.0 Å². The molecular weight excluding hydrogens is 523 g/mol. The summed E-state index contributed by atoms with van der Waals surface area (Å²) < 4.78 is 7.39. The van der Waals surface area contributed by atoms with Gasteiger partial charge in [-0.2, -0.15) is 0 Å². The summed E-state index contributed by atoms with van der Waals surface area (Å²) in [6.45, 7) is 6.82. The van der Waals surface area contributed by atoms with Crippen LogP contribution in [-0.2, 0) is 5.41 Å². The maximum Gasteiger partial charge on any atom is 0.252 e. The van der Waals surface area contributed by atoms with Crippen LogP contribution < -0.4 is 31.8 Å². The molecule has 2 N–H and O–H groups in total. The van der Waals surface area contributed by atoms with E-state index in [-0.39, 0.29) is 12.1 Å². The molecule has 5 nitrogen and oxygen atoms in total. The first kappa shape index (κ1) is 24.2. The molecule has 0 unspecified atom stereocenters. The summed E-state index contributed by atoms with van der Waals surface area (Å²) >= 11 is 1.74. The third kappa shape index (κ3) is 4.07. The highest BCUT2D eigenvalue weighted by Crippen LogP contribution is 2.37. The molecule has 4 heterocycles. The lowest BCUT2D eigenvalue weighted by atomic mass is 9.33. The first-order valence-electron chi connectivity index (χ1n) is 13.9. The Morgan fingerprint density at radius 2 is 1.49 bits per heavy atom. The monoisotopic (exact) mass is 550 g/mol. The van der Waals surface area contributed by atoms with Crippen molar-refractivity contribution in [2.75, 3.05) is 10.6 Å². The number of thiazole rings is 1. The maximum absolute atomic E-state index is 6.19. The number of ether oxygens (including phenoxy) is 1. The maximum atomic E-state index is 6.19. The van der Waals surface area contributed by atoms with Gasteiger partial charge in [-0.25, -0.2) is 9.97 Å². The van der Waals surface area contributed by atoms with Gasteiger partial charge in [0, 0.05) is 40.6 Å². The lowest BCUT2D eigenvalue weighted by molar-refractivity contribution is 0.463. The second kappa shape index (κ2) is 8.95. The number of rotatable bonds is 3. The van der Waals surface area contributed by atoms with Crippen LogP contribution in [0, 0.1) is 0 Å². The molecule has 2 aliphatic rings. The zero-order chi connectivity index (χ0) is 27.7. The van der Waals surface area contributed by atoms with Crippen molar-refractivity contribution in [2.24, 2.45) is 0 Å². The third-order valence-corrected chi connectivity index (χ3v) is 9.06. The zero-order valence-corrected chi connectivity index (χ0v) is 23.8. The number of pyridine rings is 1. The number of nitrogens with zero attached hydrogens (tertiary/aromatic N) is 2. The lowest BCUT2D eigenvalue weighted by Crippen LogP contribution is -2.59. The van der Waals surface area contributed by atoms with E-state index in [1.54, 1.807) is 17.5 Å². The molecule has 0 bridgehead atoms. The van der Waals surface area contributed by atoms with Crippen molar-refractivity contribution >= 4 is 67.4 Å². The Hall–Kier alpha value is -4.62. The van der Waals surface area contributed by atoms with Gasteiger partial charge in [0.2, 0.25) is 5.88 Å². The molecule has 4 aromatic carbocycles. The van der Waals surface area contributed by atoms with Crippen LogP contribution in [0.5, 0.6) is 11.6 Å². The molecule has 0 fully saturated rings. The number of para-hydroxylation sites is 1. The highest BCUT2D eigenvalue weighted by atomic mass is 32.1. The van der Waals surface area contributed by atoms with Crippen LogP contribution in [0.3, 0.4) is 0 Å². The summed E-state index contributed by atoms with van der Waals surface area (Å²) in [5.74, 6) is 1.35. The summed E-state index contributed by atoms with van der Waals surface area (Å²) in [6.07, 6.45) is 1.75. The zero-order valence-electron chi connectivity index (χ0n) is 23.0. The van der Waals surface area contributed by atoms with Crippen LogP contribution in [0.2, 0.25) is 0 Å². The fraction of sp³-hybridized carbons (Fsp3) is 0.118. The average Bonchev–Trinajstić information content (AvgIpc) is 3.41. The molecule has 0 aliphatic carbocycles. The van der Waals surface area contributed by atoms with Gasteiger partial charge < -0.3 is 15.4 Å². The van der Waals surface area contributed by atoms with Crippen molar-refractivity contribution in [1.29, 1.82) is 0 Å². The SMILES string of the molecule is CC(C)(C)c1cc2c3c(c1)Nc1ccc(-c4nc5ccccc5s4)cc1B3c1cc(Oc3ccccn3)ccc1N2. The minimum Gasteiger partial charge on any atom is -0.439 e. The van der Waals surface area contributed by atoms with Gasteiger partial charge in [0.25, 0.3) is 6.71 Å². The molecular formula is C34H27BN4OS. The van der Waals surface area contributed by atoms with Crippen LogP contribution in [0.25, 0.3) is 20.8 Å². The third-order valence-electron chi connectivity index (χ3n) is 7.97. The molecule has 0 amide bonds. The Labute approximate surface area is 243 Å². The Bertz CT molecular complexity index is 1930. The minimum absolute atomic E-state index is 0.0159. The number of fused-ring (bicyclic) bond motifs is 5. The van der Waals surface area contributed by atoms with Crippen molar-refractivity contribution < 1.29 is 4.74 Å². The molecule has 6 aromatic rings. The second-order valence-corrected chi connectivity index (χ2v) is 12.8. The van der Waals surface area contributed by atoms with Crippen molar-refractivity contribution in [3.63, 3.8) is 0 Å². The molecule has 41 heavy (non-hydrogen) atoms. The fourth-order valence-electron chi connectivity index (χ4n) is 5.90. The van der Waals surface area contributed by atoms with Gasteiger partial charge in [0.1, 0.15) is 10.8 Å². The molecule has 8 rings (SSSR count). The first-order valence-corrected chi connectivity index (χ1v) is 14.7. The van der Waals surface area contributed by atoms with Crippen LogP contribution in [0.15, 0.2) is 97.2 Å². The molecule has 0 spiro atoms. The molecule has 0 atom stereocenters. The van der Waals surface area contributed by atoms with Gasteiger partial charge >= 0.3 is 0 Å². The van der Waals surface area contributed by atoms with E-state index in [1.807, 2.05) is 30.3 Å². The summed E-state index contributed by atoms with van der Waals surface area (Å²) in [4.78, 5) is 9.33. The first-order chi connectivity index (χ1) is 19.9. The highest BCUT2D eigenvalue weighted by Gasteiger charge is 2.39. The highest BCUT2D eigenvalue weighted by molar-refractivity contribution is 7.21. The van der Waals surface area contributed by atoms with Crippen molar-refractivity contribution in [3.05, 3.63) is 103 Å². The molecule has 2 aromatic heterocycles. The van der Waals surface area contributed by atoms with E-state index in [0.29, 0.717) is 5.88 Å². The van der Waals surface area contributed by atoms with E-state index >= 15 is 0 Å². The van der Waals surface area contributed by atoms with E-state index in [4.69, 9.17) is 9.72 Å². The van der Waals surface area contributed by atoms with Gasteiger partial charge in [0.05, 0.1) is 10.2 Å². The lowest BCUT2D eigenvalue weighted by Gasteiger charge is -2.36. The number of hydrogen-bond donors (Lipinski definition) is 2. The van der Waals surface area contributed by atoms with Crippen LogP contribution in [0.1, 0.15) is 26.3 Å². The predicted molar refractivity (Wildman–Crippen MR) is 172 cm³/mol. The number of anilines is 4.